The Balaban J connectivity index is 2.13. The van der Waals surface area contributed by atoms with Crippen LogP contribution >= 0.6 is 0 Å². The topological polar surface area (TPSA) is 92.8 Å². The molecule has 0 aliphatic carbocycles. The largest absolute Gasteiger partial charge is 0.383 e. The van der Waals surface area contributed by atoms with Crippen molar-refractivity contribution in [3.63, 3.8) is 0 Å². The molecule has 1 fully saturated rings. The monoisotopic (exact) mass is 368 g/mol. The van der Waals surface area contributed by atoms with Gasteiger partial charge in [-0.15, -0.1) is 0 Å². The molecule has 0 radical (unpaired) electrons. The molecule has 1 aromatic rings. The third-order valence-corrected chi connectivity index (χ3v) is 6.02. The van der Waals surface area contributed by atoms with E-state index in [1.807, 2.05) is 26.0 Å². The molecule has 25 heavy (non-hydrogen) atoms. The second-order valence-electron chi connectivity index (χ2n) is 6.32. The zero-order valence-electron chi connectivity index (χ0n) is 14.7. The van der Waals surface area contributed by atoms with Crippen molar-refractivity contribution < 1.29 is 22.7 Å². The maximum absolute atomic E-state index is 12.6. The second-order valence-corrected chi connectivity index (χ2v) is 8.55. The first-order valence-corrected chi connectivity index (χ1v) is 9.94. The van der Waals surface area contributed by atoms with Crippen LogP contribution in [0, 0.1) is 13.8 Å². The molecule has 7 nitrogen and oxygen atoms in total. The van der Waals surface area contributed by atoms with E-state index in [1.54, 1.807) is 6.07 Å². The predicted molar refractivity (Wildman–Crippen MR) is 95.2 cm³/mol. The molecule has 8 heteroatoms. The number of hydrogen-bond acceptors (Lipinski definition) is 5. The van der Waals surface area contributed by atoms with Crippen molar-refractivity contribution in [3.05, 3.63) is 29.3 Å². The lowest BCUT2D eigenvalue weighted by atomic mass is 10.1. The van der Waals surface area contributed by atoms with E-state index in [-0.39, 0.29) is 24.7 Å². The number of methoxy groups -OCH3 is 1. The average molecular weight is 368 g/mol. The van der Waals surface area contributed by atoms with Crippen molar-refractivity contribution in [2.75, 3.05) is 37.1 Å². The molecule has 1 saturated heterocycles. The summed E-state index contributed by atoms with van der Waals surface area (Å²) in [6, 6.07) is 5.01. The Kier molecular flexibility index (Phi) is 6.18. The van der Waals surface area contributed by atoms with Gasteiger partial charge in [-0.1, -0.05) is 17.7 Å². The van der Waals surface area contributed by atoms with Crippen LogP contribution in [-0.2, 0) is 24.2 Å². The van der Waals surface area contributed by atoms with Gasteiger partial charge in [0.05, 0.1) is 18.1 Å². The predicted octanol–water partition coefficient (Wildman–Crippen LogP) is 0.904. The van der Waals surface area contributed by atoms with Crippen LogP contribution in [0.1, 0.15) is 17.5 Å². The summed E-state index contributed by atoms with van der Waals surface area (Å²) in [6.07, 6.45) is 0.342. The molecule has 1 aromatic carbocycles. The summed E-state index contributed by atoms with van der Waals surface area (Å²) in [5.74, 6) is -1.58. The number of anilines is 1. The van der Waals surface area contributed by atoms with Crippen LogP contribution in [0.5, 0.6) is 0 Å². The highest BCUT2D eigenvalue weighted by Gasteiger charge is 2.36. The molecule has 138 valence electrons. The number of nitrogens with one attached hydrogen (secondary N) is 1. The normalized spacial score (nSPS) is 18.8. The summed E-state index contributed by atoms with van der Waals surface area (Å²) in [4.78, 5) is 26.3. The Morgan fingerprint density at radius 2 is 2.04 bits per heavy atom. The van der Waals surface area contributed by atoms with Crippen LogP contribution < -0.4 is 5.32 Å². The average Bonchev–Trinajstić information content (AvgIpc) is 2.90. The van der Waals surface area contributed by atoms with Crippen molar-refractivity contribution in [2.45, 2.75) is 26.3 Å². The molecule has 2 amide bonds. The van der Waals surface area contributed by atoms with Crippen LogP contribution in [-0.4, -0.2) is 62.9 Å². The van der Waals surface area contributed by atoms with Crippen molar-refractivity contribution in [1.29, 1.82) is 0 Å². The third kappa shape index (κ3) is 5.02. The fourth-order valence-electron chi connectivity index (χ4n) is 2.92. The van der Waals surface area contributed by atoms with Crippen molar-refractivity contribution in [2.24, 2.45) is 0 Å². The highest BCUT2D eigenvalue weighted by atomic mass is 32.2. The van der Waals surface area contributed by atoms with E-state index in [0.29, 0.717) is 12.1 Å². The highest BCUT2D eigenvalue weighted by Crippen LogP contribution is 2.19. The Morgan fingerprint density at radius 1 is 1.32 bits per heavy atom. The molecule has 0 spiro atoms. The molecule has 0 saturated carbocycles. The SMILES string of the molecule is COCCN(C(=O)C(=O)Nc1ccc(C)cc1C)C1CCS(=O)(=O)C1. The quantitative estimate of drug-likeness (QED) is 0.780. The number of rotatable bonds is 5. The van der Waals surface area contributed by atoms with Crippen LogP contribution in [0.2, 0.25) is 0 Å². The van der Waals surface area contributed by atoms with Crippen LogP contribution in [0.25, 0.3) is 0 Å². The first-order chi connectivity index (χ1) is 11.7. The molecule has 1 N–H and O–H groups in total. The van der Waals surface area contributed by atoms with Crippen molar-refractivity contribution in [3.8, 4) is 0 Å². The Bertz CT molecular complexity index is 760. The van der Waals surface area contributed by atoms with E-state index in [4.69, 9.17) is 4.74 Å². The zero-order chi connectivity index (χ0) is 18.6. The lowest BCUT2D eigenvalue weighted by molar-refractivity contribution is -0.144. The number of carbonyl (C=O) groups excluding carboxylic acids is 2. The van der Waals surface area contributed by atoms with Gasteiger partial charge < -0.3 is 15.0 Å². The first-order valence-electron chi connectivity index (χ1n) is 8.12. The summed E-state index contributed by atoms with van der Waals surface area (Å²) < 4.78 is 28.4. The minimum absolute atomic E-state index is 0.0348. The van der Waals surface area contributed by atoms with Gasteiger partial charge in [-0.2, -0.15) is 0 Å². The first kappa shape index (κ1) is 19.4. The molecule has 2 rings (SSSR count). The van der Waals surface area contributed by atoms with E-state index in [1.165, 1.54) is 12.0 Å². The number of ether oxygens (including phenoxy) is 1. The number of amides is 2. The molecule has 1 heterocycles. The Morgan fingerprint density at radius 3 is 2.60 bits per heavy atom. The third-order valence-electron chi connectivity index (χ3n) is 4.27. The zero-order valence-corrected chi connectivity index (χ0v) is 15.6. The van der Waals surface area contributed by atoms with Gasteiger partial charge in [0.1, 0.15) is 0 Å². The van der Waals surface area contributed by atoms with E-state index in [9.17, 15) is 18.0 Å². The standard InChI is InChI=1S/C17H24N2O5S/c1-12-4-5-15(13(2)10-12)18-16(20)17(21)19(7-8-24-3)14-6-9-25(22,23)11-14/h4-5,10,14H,6-9,11H2,1-3H3,(H,18,20). The van der Waals surface area contributed by atoms with E-state index in [2.05, 4.69) is 5.32 Å². The van der Waals surface area contributed by atoms with Gasteiger partial charge in [0, 0.05) is 25.4 Å². The van der Waals surface area contributed by atoms with Gasteiger partial charge in [-0.25, -0.2) is 8.42 Å². The van der Waals surface area contributed by atoms with Gasteiger partial charge in [0.25, 0.3) is 0 Å². The van der Waals surface area contributed by atoms with E-state index >= 15 is 0 Å². The van der Waals surface area contributed by atoms with Gasteiger partial charge >= 0.3 is 11.8 Å². The summed E-state index contributed by atoms with van der Waals surface area (Å²) in [5, 5.41) is 2.62. The molecule has 1 atom stereocenters. The highest BCUT2D eigenvalue weighted by molar-refractivity contribution is 7.91. The van der Waals surface area contributed by atoms with Crippen molar-refractivity contribution >= 4 is 27.3 Å². The summed E-state index contributed by atoms with van der Waals surface area (Å²) >= 11 is 0. The smallest absolute Gasteiger partial charge is 0.313 e. The minimum atomic E-state index is -3.16. The number of sulfone groups is 1. The minimum Gasteiger partial charge on any atom is -0.383 e. The maximum atomic E-state index is 12.6. The van der Waals surface area contributed by atoms with Crippen molar-refractivity contribution in [1.82, 2.24) is 4.90 Å². The van der Waals surface area contributed by atoms with Gasteiger partial charge in [-0.05, 0) is 31.9 Å². The molecular formula is C17H24N2O5S. The summed E-state index contributed by atoms with van der Waals surface area (Å²) in [5.41, 5.74) is 2.47. The molecule has 1 aliphatic rings. The molecule has 1 unspecified atom stereocenters. The molecule has 1 aliphatic heterocycles. The number of nitrogens with zero attached hydrogens (tertiary/aromatic N) is 1. The fraction of sp³-hybridized carbons (Fsp3) is 0.529. The molecular weight excluding hydrogens is 344 g/mol. The fourth-order valence-corrected chi connectivity index (χ4v) is 4.65. The van der Waals surface area contributed by atoms with E-state index in [0.717, 1.165) is 11.1 Å². The summed E-state index contributed by atoms with van der Waals surface area (Å²) in [6.45, 7) is 4.20. The lowest BCUT2D eigenvalue weighted by Crippen LogP contribution is -2.48. The van der Waals surface area contributed by atoms with Crippen LogP contribution in [0.15, 0.2) is 18.2 Å². The van der Waals surface area contributed by atoms with Gasteiger partial charge in [0.15, 0.2) is 9.84 Å². The second kappa shape index (κ2) is 7.97. The number of hydrogen-bond donors (Lipinski definition) is 1. The maximum Gasteiger partial charge on any atom is 0.313 e. The Hall–Kier alpha value is -1.93. The van der Waals surface area contributed by atoms with Crippen LogP contribution in [0.3, 0.4) is 0 Å². The van der Waals surface area contributed by atoms with Gasteiger partial charge in [0.2, 0.25) is 0 Å². The van der Waals surface area contributed by atoms with Crippen LogP contribution in [0.4, 0.5) is 5.69 Å². The lowest BCUT2D eigenvalue weighted by Gasteiger charge is -2.27. The molecule has 0 aromatic heterocycles. The van der Waals surface area contributed by atoms with E-state index < -0.39 is 27.7 Å². The molecule has 0 bridgehead atoms. The summed E-state index contributed by atoms with van der Waals surface area (Å²) in [7, 11) is -1.67. The Labute approximate surface area is 148 Å². The van der Waals surface area contributed by atoms with Gasteiger partial charge in [-0.3, -0.25) is 9.59 Å². The number of carbonyl (C=O) groups is 2. The number of benzene rings is 1. The number of aryl methyl sites for hydroxylation is 2.